The minimum atomic E-state index is -0.0525. The maximum absolute atomic E-state index is 8.85. The molecule has 0 radical (unpaired) electrons. The van der Waals surface area contributed by atoms with Crippen LogP contribution in [0, 0.1) is 11.3 Å². The lowest BCUT2D eigenvalue weighted by Crippen LogP contribution is -2.15. The Bertz CT molecular complexity index is 642. The Morgan fingerprint density at radius 2 is 1.85 bits per heavy atom. The summed E-state index contributed by atoms with van der Waals surface area (Å²) >= 11 is 3.48. The van der Waals surface area contributed by atoms with Gasteiger partial charge in [-0.05, 0) is 55.0 Å². The van der Waals surface area contributed by atoms with E-state index in [9.17, 15) is 0 Å². The molecule has 0 saturated heterocycles. The van der Waals surface area contributed by atoms with Crippen molar-refractivity contribution >= 4 is 27.3 Å². The Kier molecular flexibility index (Phi) is 4.43. The molecule has 2 aromatic rings. The zero-order valence-corrected chi connectivity index (χ0v) is 13.1. The lowest BCUT2D eigenvalue weighted by Gasteiger charge is -2.24. The van der Waals surface area contributed by atoms with E-state index >= 15 is 0 Å². The number of rotatable bonds is 3. The molecule has 0 heterocycles. The van der Waals surface area contributed by atoms with Crippen molar-refractivity contribution < 1.29 is 0 Å². The minimum Gasteiger partial charge on any atom is -0.344 e. The van der Waals surface area contributed by atoms with Gasteiger partial charge in [-0.2, -0.15) is 5.26 Å². The number of hydrogen-bond donors (Lipinski definition) is 1. The van der Waals surface area contributed by atoms with Gasteiger partial charge >= 0.3 is 0 Å². The number of nitriles is 1. The monoisotopic (exact) mass is 329 g/mol. The van der Waals surface area contributed by atoms with Gasteiger partial charge in [0.05, 0.1) is 11.6 Å². The van der Waals surface area contributed by atoms with E-state index in [1.54, 1.807) is 0 Å². The summed E-state index contributed by atoms with van der Waals surface area (Å²) in [6.07, 6.45) is 0. The van der Waals surface area contributed by atoms with Crippen LogP contribution in [0.1, 0.15) is 24.1 Å². The Labute approximate surface area is 127 Å². The van der Waals surface area contributed by atoms with Gasteiger partial charge in [0.2, 0.25) is 0 Å². The molecule has 2 N–H and O–H groups in total. The van der Waals surface area contributed by atoms with Crippen molar-refractivity contribution in [1.82, 2.24) is 0 Å². The summed E-state index contributed by atoms with van der Waals surface area (Å²) in [6, 6.07) is 15.7. The molecule has 2 rings (SSSR count). The van der Waals surface area contributed by atoms with Gasteiger partial charge in [-0.25, -0.2) is 0 Å². The summed E-state index contributed by atoms with van der Waals surface area (Å²) in [5.74, 6) is 0. The van der Waals surface area contributed by atoms with Crippen molar-refractivity contribution in [2.45, 2.75) is 13.0 Å². The SMILES string of the molecule is CC(N)c1cc(Br)ccc1N(C)c1ccc(C#N)cc1. The van der Waals surface area contributed by atoms with Crippen LogP contribution in [-0.4, -0.2) is 7.05 Å². The molecule has 0 fully saturated rings. The maximum atomic E-state index is 8.85. The number of benzene rings is 2. The predicted octanol–water partition coefficient (Wildman–Crippen LogP) is 4.11. The number of nitrogens with zero attached hydrogens (tertiary/aromatic N) is 2. The first-order chi connectivity index (χ1) is 9.52. The van der Waals surface area contributed by atoms with Gasteiger partial charge in [0.25, 0.3) is 0 Å². The third-order valence-corrected chi connectivity index (χ3v) is 3.72. The molecular weight excluding hydrogens is 314 g/mol. The molecule has 0 aliphatic rings. The summed E-state index contributed by atoms with van der Waals surface area (Å²) in [6.45, 7) is 1.97. The molecule has 0 spiro atoms. The second-order valence-electron chi connectivity index (χ2n) is 4.71. The van der Waals surface area contributed by atoms with E-state index < -0.39 is 0 Å². The van der Waals surface area contributed by atoms with E-state index in [2.05, 4.69) is 26.9 Å². The lowest BCUT2D eigenvalue weighted by molar-refractivity contribution is 0.814. The van der Waals surface area contributed by atoms with E-state index in [0.29, 0.717) is 5.56 Å². The molecule has 0 aromatic heterocycles. The molecule has 102 valence electrons. The Hall–Kier alpha value is -1.83. The van der Waals surface area contributed by atoms with E-state index in [1.807, 2.05) is 56.4 Å². The second-order valence-corrected chi connectivity index (χ2v) is 5.63. The van der Waals surface area contributed by atoms with Crippen molar-refractivity contribution in [3.8, 4) is 6.07 Å². The summed E-state index contributed by atoms with van der Waals surface area (Å²) < 4.78 is 1.02. The summed E-state index contributed by atoms with van der Waals surface area (Å²) in [4.78, 5) is 2.08. The summed E-state index contributed by atoms with van der Waals surface area (Å²) in [5.41, 5.74) is 9.87. The van der Waals surface area contributed by atoms with Crippen LogP contribution in [0.5, 0.6) is 0 Å². The fourth-order valence-electron chi connectivity index (χ4n) is 2.09. The third kappa shape index (κ3) is 3.01. The van der Waals surface area contributed by atoms with Crippen molar-refractivity contribution in [3.05, 3.63) is 58.1 Å². The predicted molar refractivity (Wildman–Crippen MR) is 86.0 cm³/mol. The van der Waals surface area contributed by atoms with Gasteiger partial charge in [-0.15, -0.1) is 0 Å². The van der Waals surface area contributed by atoms with E-state index in [0.717, 1.165) is 21.4 Å². The second kappa shape index (κ2) is 6.08. The Morgan fingerprint density at radius 1 is 1.20 bits per heavy atom. The highest BCUT2D eigenvalue weighted by Crippen LogP contribution is 2.32. The van der Waals surface area contributed by atoms with Crippen LogP contribution in [0.15, 0.2) is 46.9 Å². The molecule has 4 heteroatoms. The van der Waals surface area contributed by atoms with Gasteiger partial charge in [0.1, 0.15) is 0 Å². The molecule has 0 amide bonds. The zero-order chi connectivity index (χ0) is 14.7. The van der Waals surface area contributed by atoms with E-state index in [4.69, 9.17) is 11.0 Å². The molecule has 2 aromatic carbocycles. The van der Waals surface area contributed by atoms with Crippen LogP contribution >= 0.6 is 15.9 Å². The largest absolute Gasteiger partial charge is 0.344 e. The van der Waals surface area contributed by atoms with Gasteiger partial charge < -0.3 is 10.6 Å². The standard InChI is InChI=1S/C16H16BrN3/c1-11(19)15-9-13(17)5-8-16(15)20(2)14-6-3-12(10-18)4-7-14/h3-9,11H,19H2,1-2H3. The van der Waals surface area contributed by atoms with Crippen molar-refractivity contribution in [1.29, 1.82) is 5.26 Å². The maximum Gasteiger partial charge on any atom is 0.0991 e. The molecule has 0 bridgehead atoms. The van der Waals surface area contributed by atoms with Gasteiger partial charge in [-0.1, -0.05) is 15.9 Å². The highest BCUT2D eigenvalue weighted by molar-refractivity contribution is 9.10. The minimum absolute atomic E-state index is 0.0525. The summed E-state index contributed by atoms with van der Waals surface area (Å²) in [5, 5.41) is 8.85. The molecular formula is C16H16BrN3. The zero-order valence-electron chi connectivity index (χ0n) is 11.5. The first kappa shape index (κ1) is 14.6. The molecule has 1 atom stereocenters. The third-order valence-electron chi connectivity index (χ3n) is 3.23. The van der Waals surface area contributed by atoms with Crippen LogP contribution in [0.4, 0.5) is 11.4 Å². The van der Waals surface area contributed by atoms with Crippen LogP contribution in [0.3, 0.4) is 0 Å². The smallest absolute Gasteiger partial charge is 0.0991 e. The van der Waals surface area contributed by atoms with Gasteiger partial charge in [-0.3, -0.25) is 0 Å². The van der Waals surface area contributed by atoms with Crippen molar-refractivity contribution in [3.63, 3.8) is 0 Å². The highest BCUT2D eigenvalue weighted by atomic mass is 79.9. The van der Waals surface area contributed by atoms with Crippen LogP contribution in [0.25, 0.3) is 0 Å². The van der Waals surface area contributed by atoms with E-state index in [-0.39, 0.29) is 6.04 Å². The first-order valence-corrected chi connectivity index (χ1v) is 7.11. The molecule has 0 aliphatic heterocycles. The fraction of sp³-hybridized carbons (Fsp3) is 0.188. The lowest BCUT2D eigenvalue weighted by atomic mass is 10.1. The molecule has 3 nitrogen and oxygen atoms in total. The van der Waals surface area contributed by atoms with Gasteiger partial charge in [0.15, 0.2) is 0 Å². The van der Waals surface area contributed by atoms with Crippen LogP contribution < -0.4 is 10.6 Å². The number of halogens is 1. The average Bonchev–Trinajstić information content (AvgIpc) is 2.46. The van der Waals surface area contributed by atoms with Crippen molar-refractivity contribution in [2.75, 3.05) is 11.9 Å². The Morgan fingerprint density at radius 3 is 2.40 bits per heavy atom. The molecule has 0 aliphatic carbocycles. The Balaban J connectivity index is 2.42. The fourth-order valence-corrected chi connectivity index (χ4v) is 2.47. The quantitative estimate of drug-likeness (QED) is 0.921. The van der Waals surface area contributed by atoms with E-state index in [1.165, 1.54) is 0 Å². The number of hydrogen-bond acceptors (Lipinski definition) is 3. The number of nitrogens with two attached hydrogens (primary N) is 1. The van der Waals surface area contributed by atoms with Crippen molar-refractivity contribution in [2.24, 2.45) is 5.73 Å². The van der Waals surface area contributed by atoms with Crippen LogP contribution in [-0.2, 0) is 0 Å². The van der Waals surface area contributed by atoms with Crippen LogP contribution in [0.2, 0.25) is 0 Å². The molecule has 1 unspecified atom stereocenters. The molecule has 0 saturated carbocycles. The van der Waals surface area contributed by atoms with Gasteiger partial charge in [0, 0.05) is 28.9 Å². The molecule has 20 heavy (non-hydrogen) atoms. The average molecular weight is 330 g/mol. The normalized spacial score (nSPS) is 11.8. The summed E-state index contributed by atoms with van der Waals surface area (Å²) in [7, 11) is 2.00. The topological polar surface area (TPSA) is 53.0 Å². The first-order valence-electron chi connectivity index (χ1n) is 6.32. The number of anilines is 2. The highest BCUT2D eigenvalue weighted by Gasteiger charge is 2.12.